The van der Waals surface area contributed by atoms with Crippen molar-refractivity contribution in [2.24, 2.45) is 5.73 Å². The highest BCUT2D eigenvalue weighted by Gasteiger charge is 2.33. The first-order valence-electron chi connectivity index (χ1n) is 5.53. The summed E-state index contributed by atoms with van der Waals surface area (Å²) in [7, 11) is 0. The fourth-order valence-electron chi connectivity index (χ4n) is 1.90. The minimum atomic E-state index is -0.406. The Morgan fingerprint density at radius 2 is 2.25 bits per heavy atom. The number of aliphatic hydroxyl groups excluding tert-OH is 1. The summed E-state index contributed by atoms with van der Waals surface area (Å²) in [5, 5.41) is 9.10. The van der Waals surface area contributed by atoms with E-state index in [2.05, 4.69) is 4.98 Å². The van der Waals surface area contributed by atoms with E-state index in [1.165, 1.54) is 12.3 Å². The molecule has 3 N–H and O–H groups in total. The molecule has 1 aromatic heterocycles. The van der Waals surface area contributed by atoms with E-state index < -0.39 is 5.41 Å². The zero-order valence-corrected chi connectivity index (χ0v) is 9.78. The Morgan fingerprint density at radius 3 is 2.69 bits per heavy atom. The zero-order chi connectivity index (χ0) is 12.2. The second kappa shape index (κ2) is 5.37. The van der Waals surface area contributed by atoms with Crippen molar-refractivity contribution in [3.8, 4) is 0 Å². The molecule has 0 aliphatic heterocycles. The molecule has 1 rings (SSSR count). The summed E-state index contributed by atoms with van der Waals surface area (Å²) in [6, 6.07) is 2.92. The maximum absolute atomic E-state index is 12.8. The Labute approximate surface area is 95.5 Å². The Hall–Kier alpha value is -1.00. The molecule has 1 aromatic rings. The predicted molar refractivity (Wildman–Crippen MR) is 61.5 cm³/mol. The minimum absolute atomic E-state index is 0.0449. The molecule has 3 nitrogen and oxygen atoms in total. The normalized spacial score (nSPS) is 16.8. The van der Waals surface area contributed by atoms with Gasteiger partial charge >= 0.3 is 0 Å². The van der Waals surface area contributed by atoms with Crippen molar-refractivity contribution in [2.45, 2.75) is 38.1 Å². The molecule has 0 aliphatic rings. The first-order valence-corrected chi connectivity index (χ1v) is 5.53. The third kappa shape index (κ3) is 2.57. The molecule has 0 spiro atoms. The van der Waals surface area contributed by atoms with Gasteiger partial charge in [-0.1, -0.05) is 13.8 Å². The molecule has 0 fully saturated rings. The highest BCUT2D eigenvalue weighted by Crippen LogP contribution is 2.30. The van der Waals surface area contributed by atoms with Crippen LogP contribution in [0.4, 0.5) is 4.39 Å². The maximum Gasteiger partial charge on any atom is 0.141 e. The highest BCUT2D eigenvalue weighted by molar-refractivity contribution is 5.19. The molecule has 0 saturated carbocycles. The van der Waals surface area contributed by atoms with Crippen LogP contribution < -0.4 is 5.73 Å². The molecule has 0 aromatic carbocycles. The quantitative estimate of drug-likeness (QED) is 0.801. The molecule has 0 radical (unpaired) electrons. The number of pyridine rings is 1. The lowest BCUT2D eigenvalue weighted by atomic mass is 9.75. The molecule has 0 aliphatic carbocycles. The van der Waals surface area contributed by atoms with Gasteiger partial charge in [-0.3, -0.25) is 4.98 Å². The lowest BCUT2D eigenvalue weighted by Crippen LogP contribution is -2.44. The van der Waals surface area contributed by atoms with Crippen LogP contribution in [-0.2, 0) is 5.41 Å². The van der Waals surface area contributed by atoms with E-state index in [9.17, 15) is 4.39 Å². The Morgan fingerprint density at radius 1 is 1.56 bits per heavy atom. The van der Waals surface area contributed by atoms with Crippen LogP contribution in [0.15, 0.2) is 18.3 Å². The Balaban J connectivity index is 3.05. The van der Waals surface area contributed by atoms with Crippen LogP contribution >= 0.6 is 0 Å². The van der Waals surface area contributed by atoms with Crippen molar-refractivity contribution in [3.05, 3.63) is 29.8 Å². The number of aromatic nitrogens is 1. The van der Waals surface area contributed by atoms with Crippen molar-refractivity contribution in [3.63, 3.8) is 0 Å². The largest absolute Gasteiger partial charge is 0.396 e. The second-order valence-corrected chi connectivity index (χ2v) is 4.27. The molecule has 4 heteroatoms. The molecule has 2 unspecified atom stereocenters. The number of aliphatic hydroxyl groups is 1. The summed E-state index contributed by atoms with van der Waals surface area (Å²) in [6.07, 6.45) is 2.50. The van der Waals surface area contributed by atoms with Crippen molar-refractivity contribution < 1.29 is 9.50 Å². The molecule has 90 valence electrons. The fourth-order valence-corrected chi connectivity index (χ4v) is 1.90. The standard InChI is InChI=1S/C12H19FN2O/c1-3-10(14)12(2,6-7-16)11-5-4-9(13)8-15-11/h4-5,8,10,16H,3,6-7,14H2,1-2H3. The highest BCUT2D eigenvalue weighted by atomic mass is 19.1. The topological polar surface area (TPSA) is 59.1 Å². The summed E-state index contributed by atoms with van der Waals surface area (Å²) in [6.45, 7) is 3.99. The molecule has 2 atom stereocenters. The minimum Gasteiger partial charge on any atom is -0.396 e. The van der Waals surface area contributed by atoms with E-state index in [-0.39, 0.29) is 18.5 Å². The van der Waals surface area contributed by atoms with Crippen LogP contribution in [0.5, 0.6) is 0 Å². The van der Waals surface area contributed by atoms with Gasteiger partial charge in [0.1, 0.15) is 5.82 Å². The van der Waals surface area contributed by atoms with Crippen LogP contribution in [0.25, 0.3) is 0 Å². The lowest BCUT2D eigenvalue weighted by molar-refractivity contribution is 0.220. The van der Waals surface area contributed by atoms with E-state index in [4.69, 9.17) is 10.8 Å². The molecule has 0 saturated heterocycles. The van der Waals surface area contributed by atoms with E-state index >= 15 is 0 Å². The number of nitrogens with two attached hydrogens (primary N) is 1. The summed E-state index contributed by atoms with van der Waals surface area (Å²) in [5.74, 6) is -0.361. The van der Waals surface area contributed by atoms with E-state index in [0.717, 1.165) is 12.1 Å². The lowest BCUT2D eigenvalue weighted by Gasteiger charge is -2.34. The van der Waals surface area contributed by atoms with E-state index in [0.29, 0.717) is 6.42 Å². The van der Waals surface area contributed by atoms with Crippen LogP contribution in [0.1, 0.15) is 32.4 Å². The molecule has 16 heavy (non-hydrogen) atoms. The number of rotatable bonds is 5. The monoisotopic (exact) mass is 226 g/mol. The molecule has 0 bridgehead atoms. The van der Waals surface area contributed by atoms with Crippen LogP contribution in [0, 0.1) is 5.82 Å². The Kier molecular flexibility index (Phi) is 4.38. The number of halogens is 1. The third-order valence-electron chi connectivity index (χ3n) is 3.20. The average Bonchev–Trinajstić information content (AvgIpc) is 2.29. The van der Waals surface area contributed by atoms with Gasteiger partial charge in [0.25, 0.3) is 0 Å². The first kappa shape index (κ1) is 13.1. The van der Waals surface area contributed by atoms with Gasteiger partial charge in [0.2, 0.25) is 0 Å². The van der Waals surface area contributed by atoms with Gasteiger partial charge in [0, 0.05) is 23.8 Å². The third-order valence-corrected chi connectivity index (χ3v) is 3.20. The predicted octanol–water partition coefficient (Wildman–Crippen LogP) is 1.60. The van der Waals surface area contributed by atoms with Gasteiger partial charge in [-0.05, 0) is 25.0 Å². The first-order chi connectivity index (χ1) is 7.54. The number of hydrogen-bond donors (Lipinski definition) is 2. The molecular weight excluding hydrogens is 207 g/mol. The number of nitrogens with zero attached hydrogens (tertiary/aromatic N) is 1. The van der Waals surface area contributed by atoms with Crippen LogP contribution in [-0.4, -0.2) is 22.7 Å². The van der Waals surface area contributed by atoms with Gasteiger partial charge < -0.3 is 10.8 Å². The Bertz CT molecular complexity index is 328. The summed E-state index contributed by atoms with van der Waals surface area (Å²) in [5.41, 5.74) is 6.39. The number of hydrogen-bond acceptors (Lipinski definition) is 3. The van der Waals surface area contributed by atoms with Crippen LogP contribution in [0.2, 0.25) is 0 Å². The van der Waals surface area contributed by atoms with Crippen molar-refractivity contribution >= 4 is 0 Å². The molecular formula is C12H19FN2O. The zero-order valence-electron chi connectivity index (χ0n) is 9.78. The smallest absolute Gasteiger partial charge is 0.141 e. The van der Waals surface area contributed by atoms with Crippen molar-refractivity contribution in [1.29, 1.82) is 0 Å². The van der Waals surface area contributed by atoms with Gasteiger partial charge in [-0.2, -0.15) is 0 Å². The summed E-state index contributed by atoms with van der Waals surface area (Å²) in [4.78, 5) is 4.07. The summed E-state index contributed by atoms with van der Waals surface area (Å²) >= 11 is 0. The average molecular weight is 226 g/mol. The van der Waals surface area contributed by atoms with Gasteiger partial charge in [-0.15, -0.1) is 0 Å². The van der Waals surface area contributed by atoms with E-state index in [1.54, 1.807) is 6.07 Å². The van der Waals surface area contributed by atoms with Gasteiger partial charge in [0.15, 0.2) is 0 Å². The van der Waals surface area contributed by atoms with E-state index in [1.807, 2.05) is 13.8 Å². The maximum atomic E-state index is 12.8. The van der Waals surface area contributed by atoms with Gasteiger partial charge in [-0.25, -0.2) is 4.39 Å². The van der Waals surface area contributed by atoms with Gasteiger partial charge in [0.05, 0.1) is 6.20 Å². The second-order valence-electron chi connectivity index (χ2n) is 4.27. The molecule has 1 heterocycles. The van der Waals surface area contributed by atoms with Crippen molar-refractivity contribution in [1.82, 2.24) is 4.98 Å². The molecule has 0 amide bonds. The fraction of sp³-hybridized carbons (Fsp3) is 0.583. The van der Waals surface area contributed by atoms with Crippen molar-refractivity contribution in [2.75, 3.05) is 6.61 Å². The summed E-state index contributed by atoms with van der Waals surface area (Å²) < 4.78 is 12.8. The SMILES string of the molecule is CCC(N)C(C)(CCO)c1ccc(F)cn1. The van der Waals surface area contributed by atoms with Crippen LogP contribution in [0.3, 0.4) is 0 Å².